The molecule has 0 saturated carbocycles. The van der Waals surface area contributed by atoms with E-state index in [4.69, 9.17) is 9.47 Å². The normalized spacial score (nSPS) is 9.83. The molecule has 0 bridgehead atoms. The summed E-state index contributed by atoms with van der Waals surface area (Å²) in [4.78, 5) is 0. The fraction of sp³-hybridized carbons (Fsp3) is 0.0909. The van der Waals surface area contributed by atoms with Gasteiger partial charge in [0.25, 0.3) is 0 Å². The van der Waals surface area contributed by atoms with E-state index in [2.05, 4.69) is 11.8 Å². The maximum absolute atomic E-state index is 5.72. The lowest BCUT2D eigenvalue weighted by Gasteiger charge is -2.09. The predicted octanol–water partition coefficient (Wildman–Crippen LogP) is 4.64. The van der Waals surface area contributed by atoms with Crippen molar-refractivity contribution in [1.82, 2.24) is 0 Å². The van der Waals surface area contributed by atoms with Gasteiger partial charge in [-0.2, -0.15) is 0 Å². The molecule has 0 saturated heterocycles. The van der Waals surface area contributed by atoms with Crippen molar-refractivity contribution in [3.63, 3.8) is 0 Å². The number of benzene rings is 3. The van der Waals surface area contributed by atoms with E-state index in [9.17, 15) is 0 Å². The minimum atomic E-state index is 0.193. The first-order chi connectivity index (χ1) is 11.9. The Bertz CT molecular complexity index is 815. The second-order valence-electron chi connectivity index (χ2n) is 5.21. The van der Waals surface area contributed by atoms with E-state index in [1.165, 1.54) is 0 Å². The van der Waals surface area contributed by atoms with Crippen LogP contribution in [0, 0.1) is 11.8 Å². The minimum absolute atomic E-state index is 0.193. The summed E-state index contributed by atoms with van der Waals surface area (Å²) in [6.45, 7) is 0.720. The molecule has 0 aromatic heterocycles. The topological polar surface area (TPSA) is 18.5 Å². The zero-order chi connectivity index (χ0) is 16.5. The lowest BCUT2D eigenvalue weighted by atomic mass is 10.1. The molecule has 0 atom stereocenters. The standard InChI is InChI=1S/C22H18O2/c1-3-9-19(10-4-1)15-16-21-13-7-8-14-22(21)24-18-23-17-20-11-5-2-6-12-20/h1-14H,17-18H2. The van der Waals surface area contributed by atoms with Crippen LogP contribution in [-0.2, 0) is 11.3 Å². The van der Waals surface area contributed by atoms with Crippen LogP contribution in [0.4, 0.5) is 0 Å². The Hall–Kier alpha value is -3.02. The van der Waals surface area contributed by atoms with Crippen molar-refractivity contribution < 1.29 is 9.47 Å². The van der Waals surface area contributed by atoms with Crippen LogP contribution in [0.3, 0.4) is 0 Å². The molecule has 0 unspecified atom stereocenters. The van der Waals surface area contributed by atoms with E-state index >= 15 is 0 Å². The molecule has 2 heteroatoms. The largest absolute Gasteiger partial charge is 0.466 e. The van der Waals surface area contributed by atoms with Crippen molar-refractivity contribution in [1.29, 1.82) is 0 Å². The number of ether oxygens (including phenoxy) is 2. The summed E-state index contributed by atoms with van der Waals surface area (Å²) < 4.78 is 11.3. The van der Waals surface area contributed by atoms with E-state index in [0.717, 1.165) is 22.4 Å². The molecule has 3 aromatic rings. The third kappa shape index (κ3) is 4.74. The predicted molar refractivity (Wildman–Crippen MR) is 95.6 cm³/mol. The van der Waals surface area contributed by atoms with Crippen molar-refractivity contribution in [2.75, 3.05) is 6.79 Å². The molecule has 0 aliphatic carbocycles. The van der Waals surface area contributed by atoms with Crippen LogP contribution in [0.15, 0.2) is 84.9 Å². The lowest BCUT2D eigenvalue weighted by Crippen LogP contribution is -2.04. The number of hydrogen-bond acceptors (Lipinski definition) is 2. The third-order valence-electron chi connectivity index (χ3n) is 3.41. The molecule has 0 N–H and O–H groups in total. The first-order valence-corrected chi connectivity index (χ1v) is 7.82. The Kier molecular flexibility index (Phi) is 5.66. The van der Waals surface area contributed by atoms with E-state index in [0.29, 0.717) is 6.61 Å². The zero-order valence-corrected chi connectivity index (χ0v) is 13.3. The summed E-state index contributed by atoms with van der Waals surface area (Å²) >= 11 is 0. The summed E-state index contributed by atoms with van der Waals surface area (Å²) in [5.41, 5.74) is 2.95. The Balaban J connectivity index is 1.59. The summed E-state index contributed by atoms with van der Waals surface area (Å²) in [7, 11) is 0. The molecule has 0 heterocycles. The molecular formula is C22H18O2. The van der Waals surface area contributed by atoms with Gasteiger partial charge in [-0.25, -0.2) is 0 Å². The van der Waals surface area contributed by atoms with Gasteiger partial charge < -0.3 is 9.47 Å². The molecule has 0 amide bonds. The quantitative estimate of drug-likeness (QED) is 0.388. The molecule has 2 nitrogen and oxygen atoms in total. The van der Waals surface area contributed by atoms with Gasteiger partial charge in [0.2, 0.25) is 0 Å². The maximum atomic E-state index is 5.72. The summed E-state index contributed by atoms with van der Waals surface area (Å²) in [6.07, 6.45) is 0. The van der Waals surface area contributed by atoms with Gasteiger partial charge >= 0.3 is 0 Å². The van der Waals surface area contributed by atoms with E-state index in [1.807, 2.05) is 84.9 Å². The summed E-state index contributed by atoms with van der Waals surface area (Å²) in [5.74, 6) is 7.03. The van der Waals surface area contributed by atoms with Gasteiger partial charge in [0.05, 0.1) is 12.2 Å². The van der Waals surface area contributed by atoms with Crippen LogP contribution in [0.1, 0.15) is 16.7 Å². The van der Waals surface area contributed by atoms with Gasteiger partial charge in [0.1, 0.15) is 5.75 Å². The van der Waals surface area contributed by atoms with Crippen LogP contribution < -0.4 is 4.74 Å². The van der Waals surface area contributed by atoms with E-state index in [1.54, 1.807) is 0 Å². The fourth-order valence-electron chi connectivity index (χ4n) is 2.20. The Morgan fingerprint density at radius 3 is 2.12 bits per heavy atom. The Morgan fingerprint density at radius 2 is 1.33 bits per heavy atom. The van der Waals surface area contributed by atoms with Crippen LogP contribution in [0.5, 0.6) is 5.75 Å². The summed E-state index contributed by atoms with van der Waals surface area (Å²) in [5, 5.41) is 0. The molecule has 3 aromatic carbocycles. The smallest absolute Gasteiger partial charge is 0.189 e. The Morgan fingerprint density at radius 1 is 0.667 bits per heavy atom. The SMILES string of the molecule is C(#Cc1ccccc1OCOCc1ccccc1)c1ccccc1. The molecule has 3 rings (SSSR count). The van der Waals surface area contributed by atoms with Crippen LogP contribution in [0.25, 0.3) is 0 Å². The number of hydrogen-bond donors (Lipinski definition) is 0. The van der Waals surface area contributed by atoms with Crippen molar-refractivity contribution in [2.24, 2.45) is 0 Å². The highest BCUT2D eigenvalue weighted by Gasteiger charge is 2.00. The van der Waals surface area contributed by atoms with Gasteiger partial charge in [0, 0.05) is 5.56 Å². The molecule has 0 spiro atoms. The van der Waals surface area contributed by atoms with Crippen LogP contribution in [-0.4, -0.2) is 6.79 Å². The second kappa shape index (κ2) is 8.57. The number of rotatable bonds is 5. The molecule has 24 heavy (non-hydrogen) atoms. The highest BCUT2D eigenvalue weighted by molar-refractivity contribution is 5.49. The molecule has 0 aliphatic rings. The van der Waals surface area contributed by atoms with Gasteiger partial charge in [0.15, 0.2) is 6.79 Å². The van der Waals surface area contributed by atoms with Gasteiger partial charge in [-0.15, -0.1) is 0 Å². The first-order valence-electron chi connectivity index (χ1n) is 7.82. The zero-order valence-electron chi connectivity index (χ0n) is 13.3. The van der Waals surface area contributed by atoms with Crippen LogP contribution in [0.2, 0.25) is 0 Å². The molecular weight excluding hydrogens is 296 g/mol. The average Bonchev–Trinajstić information content (AvgIpc) is 2.66. The maximum Gasteiger partial charge on any atom is 0.189 e. The third-order valence-corrected chi connectivity index (χ3v) is 3.41. The van der Waals surface area contributed by atoms with E-state index in [-0.39, 0.29) is 6.79 Å². The highest BCUT2D eigenvalue weighted by Crippen LogP contribution is 2.17. The second-order valence-corrected chi connectivity index (χ2v) is 5.21. The van der Waals surface area contributed by atoms with Crippen molar-refractivity contribution in [3.8, 4) is 17.6 Å². The van der Waals surface area contributed by atoms with Crippen LogP contribution >= 0.6 is 0 Å². The van der Waals surface area contributed by atoms with Crippen molar-refractivity contribution >= 4 is 0 Å². The highest BCUT2D eigenvalue weighted by atomic mass is 16.7. The fourth-order valence-corrected chi connectivity index (χ4v) is 2.20. The molecule has 0 radical (unpaired) electrons. The summed E-state index contributed by atoms with van der Waals surface area (Å²) in [6, 6.07) is 27.7. The van der Waals surface area contributed by atoms with Gasteiger partial charge in [-0.3, -0.25) is 0 Å². The van der Waals surface area contributed by atoms with Crippen molar-refractivity contribution in [2.45, 2.75) is 6.61 Å². The molecule has 0 fully saturated rings. The Labute approximate surface area is 142 Å². The van der Waals surface area contributed by atoms with Crippen molar-refractivity contribution in [3.05, 3.63) is 102 Å². The monoisotopic (exact) mass is 314 g/mol. The minimum Gasteiger partial charge on any atom is -0.466 e. The lowest BCUT2D eigenvalue weighted by molar-refractivity contribution is 0.00490. The molecule has 118 valence electrons. The van der Waals surface area contributed by atoms with Gasteiger partial charge in [-0.05, 0) is 29.8 Å². The average molecular weight is 314 g/mol. The van der Waals surface area contributed by atoms with Gasteiger partial charge in [-0.1, -0.05) is 72.5 Å². The number of para-hydroxylation sites is 1. The first kappa shape index (κ1) is 15.9. The van der Waals surface area contributed by atoms with E-state index < -0.39 is 0 Å². The molecule has 0 aliphatic heterocycles.